The van der Waals surface area contributed by atoms with Gasteiger partial charge in [-0.1, -0.05) is 51.3 Å². The van der Waals surface area contributed by atoms with Crippen LogP contribution in [-0.2, 0) is 20.9 Å². The highest BCUT2D eigenvalue weighted by Crippen LogP contribution is 2.35. The van der Waals surface area contributed by atoms with Gasteiger partial charge >= 0.3 is 12.0 Å². The molecule has 3 aromatic carbocycles. The number of urea groups is 1. The number of methoxy groups -OCH3 is 1. The Labute approximate surface area is 297 Å². The molecule has 0 fully saturated rings. The Morgan fingerprint density at radius 2 is 1.89 bits per heavy atom. The van der Waals surface area contributed by atoms with E-state index < -0.39 is 23.9 Å². The van der Waals surface area contributed by atoms with E-state index in [9.17, 15) is 14.4 Å². The summed E-state index contributed by atoms with van der Waals surface area (Å²) in [5.41, 5.74) is 5.00. The lowest BCUT2D eigenvalue weighted by Crippen LogP contribution is -2.45. The van der Waals surface area contributed by atoms with Gasteiger partial charge in [-0.15, -0.1) is 0 Å². The number of hydrazone groups is 1. The predicted octanol–water partition coefficient (Wildman–Crippen LogP) is 6.67. The lowest BCUT2D eigenvalue weighted by Gasteiger charge is -2.28. The monoisotopic (exact) mass is 844 g/mol. The topological polar surface area (TPSA) is 137 Å². The SMILES string of the molecule is CCOC(=O)C1=C(C)NC(=O)N[C@@H]1c1ccc(OCC(=O)N/N=C/c2cc(Br)cc(I)c2OCc2ccc(Cl)cc2Cl)c(OC)c1. The average Bonchev–Trinajstić information content (AvgIpc) is 3.00. The van der Waals surface area contributed by atoms with Gasteiger partial charge in [-0.05, 0) is 78.4 Å². The Hall–Kier alpha value is -3.53. The second kappa shape index (κ2) is 16.3. The molecule has 0 spiro atoms. The predicted molar refractivity (Wildman–Crippen MR) is 186 cm³/mol. The number of carbonyl (C=O) groups excluding carboxylic acids is 3. The molecule has 1 atom stereocenters. The number of hydrogen-bond acceptors (Lipinski definition) is 8. The van der Waals surface area contributed by atoms with Crippen molar-refractivity contribution in [3.05, 3.63) is 94.6 Å². The fourth-order valence-corrected chi connectivity index (χ4v) is 6.54. The zero-order valence-electron chi connectivity index (χ0n) is 24.7. The maximum atomic E-state index is 12.6. The summed E-state index contributed by atoms with van der Waals surface area (Å²) in [5, 5.41) is 10.4. The lowest BCUT2D eigenvalue weighted by atomic mass is 9.95. The van der Waals surface area contributed by atoms with Gasteiger partial charge in [-0.3, -0.25) is 4.79 Å². The molecule has 0 saturated carbocycles. The van der Waals surface area contributed by atoms with Crippen LogP contribution in [0.15, 0.2) is 69.4 Å². The van der Waals surface area contributed by atoms with Crippen molar-refractivity contribution in [2.45, 2.75) is 26.5 Å². The maximum Gasteiger partial charge on any atom is 0.338 e. The number of nitrogens with one attached hydrogen (secondary N) is 3. The van der Waals surface area contributed by atoms with E-state index in [1.807, 2.05) is 6.07 Å². The number of hydrogen-bond donors (Lipinski definition) is 3. The van der Waals surface area contributed by atoms with Crippen molar-refractivity contribution >= 4 is 85.8 Å². The number of halogens is 4. The van der Waals surface area contributed by atoms with Gasteiger partial charge in [0.1, 0.15) is 12.4 Å². The maximum absolute atomic E-state index is 12.6. The van der Waals surface area contributed by atoms with Crippen LogP contribution in [0.5, 0.6) is 17.2 Å². The number of nitrogens with zero attached hydrogens (tertiary/aromatic N) is 1. The van der Waals surface area contributed by atoms with Crippen molar-refractivity contribution < 1.29 is 33.3 Å². The number of esters is 1. The first kappa shape index (κ1) is 35.3. The van der Waals surface area contributed by atoms with Gasteiger partial charge in [0.25, 0.3) is 5.91 Å². The molecule has 0 saturated heterocycles. The van der Waals surface area contributed by atoms with Gasteiger partial charge in [0.05, 0.1) is 35.1 Å². The summed E-state index contributed by atoms with van der Waals surface area (Å²) in [7, 11) is 1.44. The fraction of sp³-hybridized carbons (Fsp3) is 0.226. The first-order valence-electron chi connectivity index (χ1n) is 13.6. The number of ether oxygens (including phenoxy) is 4. The third-order valence-electron chi connectivity index (χ3n) is 6.46. The van der Waals surface area contributed by atoms with Crippen LogP contribution in [0.1, 0.15) is 36.6 Å². The van der Waals surface area contributed by atoms with Crippen LogP contribution in [0.2, 0.25) is 10.0 Å². The van der Waals surface area contributed by atoms with Gasteiger partial charge in [-0.25, -0.2) is 15.0 Å². The van der Waals surface area contributed by atoms with Gasteiger partial charge in [-0.2, -0.15) is 5.10 Å². The summed E-state index contributed by atoms with van der Waals surface area (Å²) in [6, 6.07) is 12.5. The number of benzene rings is 3. The minimum atomic E-state index is -0.786. The van der Waals surface area contributed by atoms with Crippen molar-refractivity contribution in [1.82, 2.24) is 16.1 Å². The zero-order valence-corrected chi connectivity index (χ0v) is 30.0. The van der Waals surface area contributed by atoms with Crippen LogP contribution < -0.4 is 30.3 Å². The number of allylic oxidation sites excluding steroid dienone is 1. The van der Waals surface area contributed by atoms with Gasteiger partial charge in [0.2, 0.25) is 0 Å². The van der Waals surface area contributed by atoms with Crippen molar-refractivity contribution in [2.75, 3.05) is 20.3 Å². The molecule has 3 amide bonds. The Morgan fingerprint density at radius 3 is 2.61 bits per heavy atom. The summed E-state index contributed by atoms with van der Waals surface area (Å²) >= 11 is 17.9. The molecule has 46 heavy (non-hydrogen) atoms. The van der Waals surface area contributed by atoms with Crippen LogP contribution in [0.25, 0.3) is 0 Å². The smallest absolute Gasteiger partial charge is 0.338 e. The number of amides is 3. The summed E-state index contributed by atoms with van der Waals surface area (Å²) in [4.78, 5) is 37.4. The molecule has 1 aliphatic rings. The molecule has 242 valence electrons. The van der Waals surface area contributed by atoms with Gasteiger partial charge in [0, 0.05) is 31.3 Å². The van der Waals surface area contributed by atoms with Crippen molar-refractivity contribution in [3.8, 4) is 17.2 Å². The molecule has 1 aliphatic heterocycles. The molecule has 11 nitrogen and oxygen atoms in total. The van der Waals surface area contributed by atoms with Crippen molar-refractivity contribution in [2.24, 2.45) is 5.10 Å². The van der Waals surface area contributed by atoms with E-state index >= 15 is 0 Å². The molecule has 4 rings (SSSR count). The lowest BCUT2D eigenvalue weighted by molar-refractivity contribution is -0.139. The van der Waals surface area contributed by atoms with E-state index in [0.29, 0.717) is 32.6 Å². The molecule has 15 heteroatoms. The number of rotatable bonds is 12. The van der Waals surface area contributed by atoms with E-state index in [0.717, 1.165) is 13.6 Å². The third kappa shape index (κ3) is 9.05. The quantitative estimate of drug-likeness (QED) is 0.0803. The highest BCUT2D eigenvalue weighted by molar-refractivity contribution is 14.1. The minimum Gasteiger partial charge on any atom is -0.493 e. The molecule has 0 unspecified atom stereocenters. The molecular weight excluding hydrogens is 818 g/mol. The number of carbonyl (C=O) groups is 3. The van der Waals surface area contributed by atoms with E-state index in [1.165, 1.54) is 13.3 Å². The Balaban J connectivity index is 1.42. The summed E-state index contributed by atoms with van der Waals surface area (Å²) in [5.74, 6) is 0.0123. The Morgan fingerprint density at radius 1 is 1.11 bits per heavy atom. The molecule has 1 heterocycles. The van der Waals surface area contributed by atoms with E-state index in [1.54, 1.807) is 56.3 Å². The Kier molecular flexibility index (Phi) is 12.5. The van der Waals surface area contributed by atoms with Crippen LogP contribution in [0, 0.1) is 3.57 Å². The zero-order chi connectivity index (χ0) is 33.4. The van der Waals surface area contributed by atoms with Crippen LogP contribution >= 0.6 is 61.7 Å². The van der Waals surface area contributed by atoms with Crippen LogP contribution in [0.3, 0.4) is 0 Å². The van der Waals surface area contributed by atoms with Gasteiger partial charge < -0.3 is 29.6 Å². The van der Waals surface area contributed by atoms with Crippen LogP contribution in [-0.4, -0.2) is 44.4 Å². The summed E-state index contributed by atoms with van der Waals surface area (Å²) < 4.78 is 24.0. The second-order valence-electron chi connectivity index (χ2n) is 9.61. The first-order valence-corrected chi connectivity index (χ1v) is 16.3. The van der Waals surface area contributed by atoms with E-state index in [4.69, 9.17) is 42.1 Å². The van der Waals surface area contributed by atoms with Crippen LogP contribution in [0.4, 0.5) is 4.79 Å². The molecule has 0 aliphatic carbocycles. The first-order chi connectivity index (χ1) is 22.0. The van der Waals surface area contributed by atoms with Crippen molar-refractivity contribution in [3.63, 3.8) is 0 Å². The normalized spacial score (nSPS) is 14.4. The Bertz CT molecular complexity index is 1720. The van der Waals surface area contributed by atoms with E-state index in [2.05, 4.69) is 59.7 Å². The highest BCUT2D eigenvalue weighted by atomic mass is 127. The molecule has 0 bridgehead atoms. The molecule has 0 radical (unpaired) electrons. The third-order valence-corrected chi connectivity index (χ3v) is 8.31. The molecular formula is C31H28BrCl2IN4O7. The summed E-state index contributed by atoms with van der Waals surface area (Å²) in [6.45, 7) is 3.31. The average molecular weight is 846 g/mol. The highest BCUT2D eigenvalue weighted by Gasteiger charge is 2.32. The fourth-order valence-electron chi connectivity index (χ4n) is 4.37. The molecule has 3 aromatic rings. The second-order valence-corrected chi connectivity index (χ2v) is 12.5. The standard InChI is InChI=1S/C31H28BrCl2IN4O7/c1-4-44-30(41)27-16(2)37-31(42)38-28(27)17-6-8-24(25(10-17)43-3)45-15-26(40)39-36-13-19-9-20(32)11-23(35)29(19)46-14-18-5-7-21(33)12-22(18)34/h5-13,28H,4,14-15H2,1-3H3,(H,39,40)(H2,37,38,42)/b36-13+/t28-/m1/s1. The largest absolute Gasteiger partial charge is 0.493 e. The molecule has 0 aromatic heterocycles. The van der Waals surface area contributed by atoms with Crippen molar-refractivity contribution in [1.29, 1.82) is 0 Å². The van der Waals surface area contributed by atoms with E-state index in [-0.39, 0.29) is 36.9 Å². The summed E-state index contributed by atoms with van der Waals surface area (Å²) in [6.07, 6.45) is 1.46. The molecule has 3 N–H and O–H groups in total. The minimum absolute atomic E-state index is 0.176. The van der Waals surface area contributed by atoms with Gasteiger partial charge in [0.15, 0.2) is 18.1 Å².